The number of carbonyl (C=O) groups is 1. The zero-order valence-electron chi connectivity index (χ0n) is 18.7. The van der Waals surface area contributed by atoms with E-state index in [1.165, 1.54) is 6.20 Å². The Morgan fingerprint density at radius 2 is 2.03 bits per heavy atom. The highest BCUT2D eigenvalue weighted by Gasteiger charge is 2.38. The fourth-order valence-electron chi connectivity index (χ4n) is 4.33. The molecule has 1 saturated heterocycles. The number of H-pyrrole nitrogens is 1. The standard InChI is InChI=1S/C22H29F3N6O/c1-12-5-6-14-15(10-26-18(14)19(32)31(12)4)17-16(22(23,24)25)11-27-20(30-17)29-13-7-8-21(2,3)28-9-13/h10-13,26,28H,5-9H2,1-4H3,(H,27,29,30)/t12-,13-/m0/s1. The van der Waals surface area contributed by atoms with Gasteiger partial charge in [0.1, 0.15) is 11.3 Å². The highest BCUT2D eigenvalue weighted by atomic mass is 19.4. The zero-order chi connectivity index (χ0) is 23.3. The van der Waals surface area contributed by atoms with Crippen molar-refractivity contribution in [3.8, 4) is 11.3 Å². The summed E-state index contributed by atoms with van der Waals surface area (Å²) >= 11 is 0. The van der Waals surface area contributed by atoms with Crippen molar-refractivity contribution in [1.29, 1.82) is 0 Å². The van der Waals surface area contributed by atoms with E-state index < -0.39 is 11.7 Å². The molecule has 2 aliphatic heterocycles. The van der Waals surface area contributed by atoms with Crippen LogP contribution in [0.4, 0.5) is 19.1 Å². The fraction of sp³-hybridized carbons (Fsp3) is 0.591. The number of anilines is 1. The number of hydrogen-bond acceptors (Lipinski definition) is 5. The van der Waals surface area contributed by atoms with Crippen LogP contribution in [0, 0.1) is 0 Å². The first-order valence-corrected chi connectivity index (χ1v) is 10.9. The Balaban J connectivity index is 1.71. The van der Waals surface area contributed by atoms with Gasteiger partial charge >= 0.3 is 6.18 Å². The van der Waals surface area contributed by atoms with Crippen molar-refractivity contribution >= 4 is 11.9 Å². The second-order valence-electron chi connectivity index (χ2n) is 9.46. The number of nitrogens with one attached hydrogen (secondary N) is 3. The van der Waals surface area contributed by atoms with Gasteiger partial charge in [0.25, 0.3) is 5.91 Å². The molecule has 4 heterocycles. The molecule has 2 aromatic heterocycles. The number of nitrogens with zero attached hydrogens (tertiary/aromatic N) is 3. The number of carbonyl (C=O) groups excluding carboxylic acids is 1. The molecule has 10 heteroatoms. The number of rotatable bonds is 3. The van der Waals surface area contributed by atoms with E-state index in [-0.39, 0.29) is 35.2 Å². The van der Waals surface area contributed by atoms with Crippen LogP contribution in [0.2, 0.25) is 0 Å². The van der Waals surface area contributed by atoms with Gasteiger partial charge in [-0.3, -0.25) is 4.79 Å². The first-order valence-electron chi connectivity index (χ1n) is 10.9. The summed E-state index contributed by atoms with van der Waals surface area (Å²) in [4.78, 5) is 25.6. The van der Waals surface area contributed by atoms with Crippen molar-refractivity contribution in [3.05, 3.63) is 29.2 Å². The van der Waals surface area contributed by atoms with E-state index in [1.807, 2.05) is 6.92 Å². The third kappa shape index (κ3) is 4.32. The summed E-state index contributed by atoms with van der Waals surface area (Å²) in [7, 11) is 1.70. The summed E-state index contributed by atoms with van der Waals surface area (Å²) in [6.07, 6.45) is 0.594. The van der Waals surface area contributed by atoms with Crippen molar-refractivity contribution in [3.63, 3.8) is 0 Å². The van der Waals surface area contributed by atoms with Crippen LogP contribution in [0.15, 0.2) is 12.4 Å². The molecule has 0 radical (unpaired) electrons. The molecule has 0 saturated carbocycles. The van der Waals surface area contributed by atoms with Crippen LogP contribution in [0.3, 0.4) is 0 Å². The largest absolute Gasteiger partial charge is 0.419 e. The quantitative estimate of drug-likeness (QED) is 0.662. The molecule has 4 rings (SSSR count). The van der Waals surface area contributed by atoms with Gasteiger partial charge in [-0.05, 0) is 52.0 Å². The van der Waals surface area contributed by atoms with Gasteiger partial charge in [0.15, 0.2) is 0 Å². The molecule has 32 heavy (non-hydrogen) atoms. The third-order valence-electron chi connectivity index (χ3n) is 6.62. The lowest BCUT2D eigenvalue weighted by atomic mass is 9.91. The molecule has 2 aromatic rings. The minimum absolute atomic E-state index is 0.0103. The molecule has 2 aliphatic rings. The summed E-state index contributed by atoms with van der Waals surface area (Å²) in [6.45, 7) is 6.84. The van der Waals surface area contributed by atoms with E-state index in [0.717, 1.165) is 19.0 Å². The smallest absolute Gasteiger partial charge is 0.356 e. The zero-order valence-corrected chi connectivity index (χ0v) is 18.7. The van der Waals surface area contributed by atoms with Gasteiger partial charge < -0.3 is 20.5 Å². The summed E-state index contributed by atoms with van der Waals surface area (Å²) in [6, 6.07) is 0.0101. The van der Waals surface area contributed by atoms with Crippen molar-refractivity contribution in [2.45, 2.75) is 70.3 Å². The van der Waals surface area contributed by atoms with E-state index in [1.54, 1.807) is 11.9 Å². The monoisotopic (exact) mass is 450 g/mol. The number of aromatic nitrogens is 3. The Morgan fingerprint density at radius 3 is 2.69 bits per heavy atom. The average Bonchev–Trinajstić information content (AvgIpc) is 3.11. The Bertz CT molecular complexity index is 1010. The second-order valence-corrected chi connectivity index (χ2v) is 9.46. The van der Waals surface area contributed by atoms with E-state index in [2.05, 4.69) is 39.4 Å². The van der Waals surface area contributed by atoms with E-state index in [4.69, 9.17) is 0 Å². The molecule has 0 bridgehead atoms. The second kappa shape index (κ2) is 8.06. The molecule has 0 unspecified atom stereocenters. The number of halogens is 3. The molecule has 2 atom stereocenters. The Morgan fingerprint density at radius 1 is 1.28 bits per heavy atom. The minimum Gasteiger partial charge on any atom is -0.356 e. The number of hydrogen-bond donors (Lipinski definition) is 3. The Labute approximate surface area is 185 Å². The van der Waals surface area contributed by atoms with Crippen molar-refractivity contribution < 1.29 is 18.0 Å². The molecule has 0 aromatic carbocycles. The van der Waals surface area contributed by atoms with E-state index in [0.29, 0.717) is 36.2 Å². The van der Waals surface area contributed by atoms with Gasteiger partial charge in [0, 0.05) is 49.2 Å². The van der Waals surface area contributed by atoms with Gasteiger partial charge in [-0.25, -0.2) is 9.97 Å². The lowest BCUT2D eigenvalue weighted by Crippen LogP contribution is -2.50. The maximum absolute atomic E-state index is 13.8. The highest BCUT2D eigenvalue weighted by molar-refractivity contribution is 5.96. The van der Waals surface area contributed by atoms with Crippen LogP contribution in [0.25, 0.3) is 11.3 Å². The van der Waals surface area contributed by atoms with Crippen molar-refractivity contribution in [2.24, 2.45) is 0 Å². The van der Waals surface area contributed by atoms with Crippen LogP contribution in [0.5, 0.6) is 0 Å². The highest BCUT2D eigenvalue weighted by Crippen LogP contribution is 2.39. The first kappa shape index (κ1) is 22.6. The maximum atomic E-state index is 13.8. The van der Waals surface area contributed by atoms with Crippen molar-refractivity contribution in [2.75, 3.05) is 18.9 Å². The van der Waals surface area contributed by atoms with Crippen LogP contribution >= 0.6 is 0 Å². The van der Waals surface area contributed by atoms with Gasteiger partial charge in [-0.2, -0.15) is 13.2 Å². The summed E-state index contributed by atoms with van der Waals surface area (Å²) in [5, 5.41) is 6.60. The van der Waals surface area contributed by atoms with Gasteiger partial charge in [-0.1, -0.05) is 0 Å². The van der Waals surface area contributed by atoms with Crippen LogP contribution < -0.4 is 10.6 Å². The normalized spacial score (nSPS) is 23.6. The lowest BCUT2D eigenvalue weighted by Gasteiger charge is -2.36. The van der Waals surface area contributed by atoms with Crippen LogP contribution in [-0.2, 0) is 12.6 Å². The molecule has 3 N–H and O–H groups in total. The van der Waals surface area contributed by atoms with Gasteiger partial charge in [0.05, 0.1) is 5.69 Å². The Kier molecular flexibility index (Phi) is 5.68. The number of aromatic amines is 1. The first-order chi connectivity index (χ1) is 15.0. The number of alkyl halides is 3. The average molecular weight is 451 g/mol. The van der Waals surface area contributed by atoms with Gasteiger partial charge in [0.2, 0.25) is 5.95 Å². The van der Waals surface area contributed by atoms with E-state index >= 15 is 0 Å². The molecule has 7 nitrogen and oxygen atoms in total. The summed E-state index contributed by atoms with van der Waals surface area (Å²) in [5.74, 6) is -0.0759. The number of piperidine rings is 1. The van der Waals surface area contributed by atoms with Crippen molar-refractivity contribution in [1.82, 2.24) is 25.2 Å². The van der Waals surface area contributed by atoms with Gasteiger partial charge in [-0.15, -0.1) is 0 Å². The summed E-state index contributed by atoms with van der Waals surface area (Å²) < 4.78 is 41.5. The Hall–Kier alpha value is -2.62. The third-order valence-corrected chi connectivity index (χ3v) is 6.62. The molecule has 1 amide bonds. The summed E-state index contributed by atoms with van der Waals surface area (Å²) in [5.41, 5.74) is 0.113. The molecule has 174 valence electrons. The number of fused-ring (bicyclic) bond motifs is 1. The SMILES string of the molecule is C[C@H]1CCc2c(-c3nc(N[C@H]4CCC(C)(C)NC4)ncc3C(F)(F)F)c[nH]c2C(=O)N1C. The molecule has 0 spiro atoms. The minimum atomic E-state index is -4.62. The molecule has 0 aliphatic carbocycles. The topological polar surface area (TPSA) is 85.9 Å². The fourth-order valence-corrected chi connectivity index (χ4v) is 4.33. The lowest BCUT2D eigenvalue weighted by molar-refractivity contribution is -0.137. The predicted molar refractivity (Wildman–Crippen MR) is 115 cm³/mol. The van der Waals surface area contributed by atoms with Crippen LogP contribution in [-0.4, -0.2) is 57.0 Å². The predicted octanol–water partition coefficient (Wildman–Crippen LogP) is 3.84. The molecular formula is C22H29F3N6O. The number of amides is 1. The molecule has 1 fully saturated rings. The van der Waals surface area contributed by atoms with Crippen LogP contribution in [0.1, 0.15) is 61.6 Å². The maximum Gasteiger partial charge on any atom is 0.419 e. The van der Waals surface area contributed by atoms with E-state index in [9.17, 15) is 18.0 Å². The molecular weight excluding hydrogens is 421 g/mol.